The largest absolute Gasteiger partial charge is 0.501 e. The highest BCUT2D eigenvalue weighted by atomic mass is 79.9. The molecule has 0 atom stereocenters. The number of allylic oxidation sites excluding steroid dienone is 1. The molecule has 3 heteroatoms. The van der Waals surface area contributed by atoms with Gasteiger partial charge in [-0.25, -0.2) is 0 Å². The Kier molecular flexibility index (Phi) is 2.91. The highest BCUT2D eigenvalue weighted by Gasteiger charge is 2.25. The number of ether oxygens (including phenoxy) is 1. The van der Waals surface area contributed by atoms with Crippen LogP contribution >= 0.6 is 15.9 Å². The van der Waals surface area contributed by atoms with Gasteiger partial charge in [0.2, 0.25) is 0 Å². The van der Waals surface area contributed by atoms with E-state index in [0.29, 0.717) is 13.0 Å². The van der Waals surface area contributed by atoms with Crippen molar-refractivity contribution >= 4 is 21.7 Å². The second-order valence-electron chi connectivity index (χ2n) is 3.41. The van der Waals surface area contributed by atoms with Gasteiger partial charge in [0.25, 0.3) is 0 Å². The summed E-state index contributed by atoms with van der Waals surface area (Å²) >= 11 is 3.36. The van der Waals surface area contributed by atoms with Crippen molar-refractivity contribution in [2.45, 2.75) is 13.3 Å². The van der Waals surface area contributed by atoms with E-state index in [1.165, 1.54) is 0 Å². The van der Waals surface area contributed by atoms with Crippen molar-refractivity contribution in [3.8, 4) is 0 Å². The van der Waals surface area contributed by atoms with Gasteiger partial charge in [-0.3, -0.25) is 4.79 Å². The van der Waals surface area contributed by atoms with Gasteiger partial charge in [0, 0.05) is 22.0 Å². The van der Waals surface area contributed by atoms with Crippen LogP contribution in [0.1, 0.15) is 22.8 Å². The number of ketones is 1. The number of benzene rings is 1. The Morgan fingerprint density at radius 2 is 2.33 bits per heavy atom. The summed E-state index contributed by atoms with van der Waals surface area (Å²) < 4.78 is 6.09. The summed E-state index contributed by atoms with van der Waals surface area (Å²) in [4.78, 5) is 11.9. The van der Waals surface area contributed by atoms with Crippen molar-refractivity contribution < 1.29 is 9.53 Å². The molecule has 0 amide bonds. The van der Waals surface area contributed by atoms with E-state index in [1.807, 2.05) is 25.1 Å². The molecule has 1 aliphatic carbocycles. The smallest absolute Gasteiger partial charge is 0.192 e. The third-order valence-electron chi connectivity index (χ3n) is 2.38. The molecule has 78 valence electrons. The number of Topliss-reactive ketones (excluding diaryl/α,β-unsaturated/α-hetero) is 1. The van der Waals surface area contributed by atoms with Crippen LogP contribution in [0.15, 0.2) is 34.5 Å². The van der Waals surface area contributed by atoms with Crippen LogP contribution in [-0.2, 0) is 11.2 Å². The average molecular weight is 267 g/mol. The second-order valence-corrected chi connectivity index (χ2v) is 4.32. The Balaban J connectivity index is 2.33. The van der Waals surface area contributed by atoms with Gasteiger partial charge < -0.3 is 4.74 Å². The molecule has 0 saturated heterocycles. The van der Waals surface area contributed by atoms with Gasteiger partial charge in [0.15, 0.2) is 5.78 Å². The summed E-state index contributed by atoms with van der Waals surface area (Å²) in [5.41, 5.74) is 2.61. The van der Waals surface area contributed by atoms with E-state index in [9.17, 15) is 4.79 Å². The van der Waals surface area contributed by atoms with Crippen molar-refractivity contribution in [2.24, 2.45) is 0 Å². The predicted molar refractivity (Wildman–Crippen MR) is 61.9 cm³/mol. The van der Waals surface area contributed by atoms with Crippen LogP contribution in [0.2, 0.25) is 0 Å². The Bertz CT molecular complexity index is 435. The minimum Gasteiger partial charge on any atom is -0.501 e. The summed E-state index contributed by atoms with van der Waals surface area (Å²) in [5, 5.41) is 0. The minimum atomic E-state index is 0.0831. The first kappa shape index (κ1) is 10.4. The van der Waals surface area contributed by atoms with Crippen molar-refractivity contribution in [3.05, 3.63) is 45.6 Å². The first-order valence-corrected chi connectivity index (χ1v) is 5.65. The van der Waals surface area contributed by atoms with Gasteiger partial charge in [0.05, 0.1) is 12.9 Å². The van der Waals surface area contributed by atoms with Crippen molar-refractivity contribution in [3.63, 3.8) is 0 Å². The minimum absolute atomic E-state index is 0.0831. The number of carbonyl (C=O) groups excluding carboxylic acids is 1. The van der Waals surface area contributed by atoms with Gasteiger partial charge in [-0.1, -0.05) is 22.0 Å². The molecule has 0 spiro atoms. The Morgan fingerprint density at radius 1 is 1.53 bits per heavy atom. The van der Waals surface area contributed by atoms with E-state index in [2.05, 4.69) is 15.9 Å². The predicted octanol–water partition coefficient (Wildman–Crippen LogP) is 3.11. The Morgan fingerprint density at radius 3 is 3.07 bits per heavy atom. The number of hydrogen-bond donors (Lipinski definition) is 0. The fourth-order valence-corrected chi connectivity index (χ4v) is 2.01. The van der Waals surface area contributed by atoms with Gasteiger partial charge in [0.1, 0.15) is 0 Å². The van der Waals surface area contributed by atoms with Gasteiger partial charge >= 0.3 is 0 Å². The maximum atomic E-state index is 11.9. The van der Waals surface area contributed by atoms with Gasteiger partial charge in [-0.2, -0.15) is 0 Å². The van der Waals surface area contributed by atoms with Crippen LogP contribution in [0.3, 0.4) is 0 Å². The Hall–Kier alpha value is -1.09. The number of carbonyl (C=O) groups is 1. The molecule has 15 heavy (non-hydrogen) atoms. The molecule has 0 heterocycles. The van der Waals surface area contributed by atoms with Crippen molar-refractivity contribution in [1.82, 2.24) is 0 Å². The lowest BCUT2D eigenvalue weighted by molar-refractivity contribution is 0.103. The molecule has 0 radical (unpaired) electrons. The van der Waals surface area contributed by atoms with Gasteiger partial charge in [-0.15, -0.1) is 0 Å². The highest BCUT2D eigenvalue weighted by Crippen LogP contribution is 2.28. The standard InChI is InChI=1S/C12H11BrO2/c1-2-15-7-9-5-8-3-4-10(13)6-11(8)12(9)14/h3-4,6-7H,2,5H2,1H3/b9-7+. The number of halogens is 1. The van der Waals surface area contributed by atoms with E-state index in [1.54, 1.807) is 6.26 Å². The zero-order chi connectivity index (χ0) is 10.8. The van der Waals surface area contributed by atoms with Crippen LogP contribution in [0, 0.1) is 0 Å². The molecule has 2 rings (SSSR count). The molecule has 0 unspecified atom stereocenters. The molecule has 0 fully saturated rings. The van der Waals surface area contributed by atoms with Crippen LogP contribution in [0.25, 0.3) is 0 Å². The fraction of sp³-hybridized carbons (Fsp3) is 0.250. The average Bonchev–Trinajstić information content (AvgIpc) is 2.53. The number of fused-ring (bicyclic) bond motifs is 1. The van der Waals surface area contributed by atoms with Crippen LogP contribution < -0.4 is 0 Å². The summed E-state index contributed by atoms with van der Waals surface area (Å²) in [6.07, 6.45) is 2.26. The van der Waals surface area contributed by atoms with Gasteiger partial charge in [-0.05, 0) is 24.6 Å². The molecule has 0 aromatic heterocycles. The molecular weight excluding hydrogens is 256 g/mol. The van der Waals surface area contributed by atoms with E-state index in [0.717, 1.165) is 21.2 Å². The monoisotopic (exact) mass is 266 g/mol. The lowest BCUT2D eigenvalue weighted by atomic mass is 10.1. The normalized spacial score (nSPS) is 16.9. The zero-order valence-electron chi connectivity index (χ0n) is 8.42. The highest BCUT2D eigenvalue weighted by molar-refractivity contribution is 9.10. The maximum Gasteiger partial charge on any atom is 0.192 e. The quantitative estimate of drug-likeness (QED) is 0.608. The van der Waals surface area contributed by atoms with E-state index in [-0.39, 0.29) is 5.78 Å². The molecule has 0 saturated carbocycles. The van der Waals surface area contributed by atoms with Crippen LogP contribution in [0.5, 0.6) is 0 Å². The molecule has 2 nitrogen and oxygen atoms in total. The second kappa shape index (κ2) is 4.19. The lowest BCUT2D eigenvalue weighted by Gasteiger charge is -1.96. The zero-order valence-corrected chi connectivity index (χ0v) is 10.0. The summed E-state index contributed by atoms with van der Waals surface area (Å²) in [5.74, 6) is 0.0831. The van der Waals surface area contributed by atoms with Crippen molar-refractivity contribution in [1.29, 1.82) is 0 Å². The topological polar surface area (TPSA) is 26.3 Å². The molecule has 0 aliphatic heterocycles. The van der Waals surface area contributed by atoms with Crippen molar-refractivity contribution in [2.75, 3.05) is 6.61 Å². The number of hydrogen-bond acceptors (Lipinski definition) is 2. The molecule has 1 aliphatic rings. The van der Waals surface area contributed by atoms with E-state index >= 15 is 0 Å². The fourth-order valence-electron chi connectivity index (χ4n) is 1.65. The summed E-state index contributed by atoms with van der Waals surface area (Å²) in [6, 6.07) is 5.80. The molecule has 1 aromatic rings. The molecule has 0 bridgehead atoms. The van der Waals surface area contributed by atoms with E-state index in [4.69, 9.17) is 4.74 Å². The number of rotatable bonds is 2. The summed E-state index contributed by atoms with van der Waals surface area (Å²) in [6.45, 7) is 2.50. The lowest BCUT2D eigenvalue weighted by Crippen LogP contribution is -1.96. The molecule has 1 aromatic carbocycles. The molecular formula is C12H11BrO2. The summed E-state index contributed by atoms with van der Waals surface area (Å²) in [7, 11) is 0. The maximum absolute atomic E-state index is 11.9. The third-order valence-corrected chi connectivity index (χ3v) is 2.87. The van der Waals surface area contributed by atoms with Crippen LogP contribution in [0.4, 0.5) is 0 Å². The SMILES string of the molecule is CCO/C=C1\Cc2ccc(Br)cc2C1=O. The first-order chi connectivity index (χ1) is 7.22. The molecule has 0 N–H and O–H groups in total. The Labute approximate surface area is 97.1 Å². The van der Waals surface area contributed by atoms with Crippen LogP contribution in [-0.4, -0.2) is 12.4 Å². The third kappa shape index (κ3) is 1.97. The first-order valence-electron chi connectivity index (χ1n) is 4.86. The van der Waals surface area contributed by atoms with E-state index < -0.39 is 0 Å².